The molecule has 0 aromatic heterocycles. The summed E-state index contributed by atoms with van der Waals surface area (Å²) in [5.41, 5.74) is 1.72. The van der Waals surface area contributed by atoms with Gasteiger partial charge in [0.25, 0.3) is 0 Å². The van der Waals surface area contributed by atoms with Crippen molar-refractivity contribution >= 4 is 17.3 Å². The lowest BCUT2D eigenvalue weighted by Crippen LogP contribution is -2.30. The van der Waals surface area contributed by atoms with Gasteiger partial charge in [-0.2, -0.15) is 0 Å². The van der Waals surface area contributed by atoms with E-state index in [1.807, 2.05) is 13.0 Å². The van der Waals surface area contributed by atoms with Crippen LogP contribution in [0.2, 0.25) is 0 Å². The highest BCUT2D eigenvalue weighted by atomic mass is 35.5. The molecule has 1 saturated heterocycles. The molecule has 1 atom stereocenters. The van der Waals surface area contributed by atoms with Gasteiger partial charge in [-0.25, -0.2) is 4.39 Å². The van der Waals surface area contributed by atoms with Gasteiger partial charge in [0.15, 0.2) is 0 Å². The summed E-state index contributed by atoms with van der Waals surface area (Å²) in [6.07, 6.45) is 1.15. The second kappa shape index (κ2) is 5.69. The molecule has 94 valence electrons. The molecule has 1 aliphatic rings. The number of alkyl halides is 1. The highest BCUT2D eigenvalue weighted by Crippen LogP contribution is 2.22. The maximum absolute atomic E-state index is 13.5. The number of hydrogen-bond acceptors (Lipinski definition) is 2. The van der Waals surface area contributed by atoms with Gasteiger partial charge in [0.05, 0.1) is 6.10 Å². The Labute approximate surface area is 106 Å². The number of hydrogen-bond donors (Lipinski definition) is 0. The Hall–Kier alpha value is -0.800. The minimum atomic E-state index is -0.226. The first kappa shape index (κ1) is 12.7. The number of ether oxygens (including phenoxy) is 1. The average Bonchev–Trinajstić information content (AvgIpc) is 2.53. The van der Waals surface area contributed by atoms with Crippen LogP contribution in [0.5, 0.6) is 0 Å². The van der Waals surface area contributed by atoms with Crippen LogP contribution in [-0.4, -0.2) is 25.8 Å². The second-order valence-electron chi connectivity index (χ2n) is 4.43. The van der Waals surface area contributed by atoms with Crippen LogP contribution in [0.25, 0.3) is 0 Å². The van der Waals surface area contributed by atoms with Gasteiger partial charge in [0, 0.05) is 31.3 Å². The van der Waals surface area contributed by atoms with Gasteiger partial charge in [0.1, 0.15) is 5.82 Å². The van der Waals surface area contributed by atoms with Gasteiger partial charge in [0.2, 0.25) is 0 Å². The van der Waals surface area contributed by atoms with Gasteiger partial charge in [-0.3, -0.25) is 0 Å². The number of anilines is 1. The molecule has 2 nitrogen and oxygen atoms in total. The van der Waals surface area contributed by atoms with Crippen LogP contribution in [0.4, 0.5) is 10.1 Å². The van der Waals surface area contributed by atoms with Crippen molar-refractivity contribution in [3.8, 4) is 0 Å². The van der Waals surface area contributed by atoms with Crippen LogP contribution in [0.1, 0.15) is 18.9 Å². The molecule has 0 spiro atoms. The summed E-state index contributed by atoms with van der Waals surface area (Å²) < 4.78 is 19.0. The third-order valence-corrected chi connectivity index (χ3v) is 3.22. The molecule has 1 aromatic rings. The first-order valence-corrected chi connectivity index (χ1v) is 6.44. The molecule has 1 aromatic carbocycles. The molecule has 1 heterocycles. The summed E-state index contributed by atoms with van der Waals surface area (Å²) in [5.74, 6) is 0.112. The van der Waals surface area contributed by atoms with Crippen LogP contribution < -0.4 is 4.90 Å². The topological polar surface area (TPSA) is 12.5 Å². The molecule has 0 amide bonds. The fraction of sp³-hybridized carbons (Fsp3) is 0.538. The largest absolute Gasteiger partial charge is 0.377 e. The molecule has 0 bridgehead atoms. The summed E-state index contributed by atoms with van der Waals surface area (Å²) in [7, 11) is 0. The molecular weight excluding hydrogens is 241 g/mol. The van der Waals surface area contributed by atoms with Gasteiger partial charge < -0.3 is 9.64 Å². The normalized spacial score (nSPS) is 21.4. The Bertz CT molecular complexity index is 386. The maximum atomic E-state index is 13.5. The molecule has 17 heavy (non-hydrogen) atoms. The van der Waals surface area contributed by atoms with E-state index >= 15 is 0 Å². The monoisotopic (exact) mass is 257 g/mol. The standard InChI is InChI=1S/C13H17ClFNO/c1-10-9-16(3-2-4-17-10)13-6-11(8-14)5-12(15)7-13/h5-7,10H,2-4,8-9H2,1H3. The Morgan fingerprint density at radius 2 is 2.29 bits per heavy atom. The summed E-state index contributed by atoms with van der Waals surface area (Å²) in [5, 5.41) is 0. The van der Waals surface area contributed by atoms with Crippen molar-refractivity contribution in [3.63, 3.8) is 0 Å². The Kier molecular flexibility index (Phi) is 4.24. The molecule has 0 aliphatic carbocycles. The fourth-order valence-corrected chi connectivity index (χ4v) is 2.28. The second-order valence-corrected chi connectivity index (χ2v) is 4.70. The molecule has 0 N–H and O–H groups in total. The molecule has 0 radical (unpaired) electrons. The summed E-state index contributed by atoms with van der Waals surface area (Å²) in [6.45, 7) is 4.51. The Morgan fingerprint density at radius 1 is 1.47 bits per heavy atom. The number of nitrogens with zero attached hydrogens (tertiary/aromatic N) is 1. The molecule has 4 heteroatoms. The summed E-state index contributed by atoms with van der Waals surface area (Å²) in [4.78, 5) is 2.16. The van der Waals surface area contributed by atoms with Crippen molar-refractivity contribution in [1.82, 2.24) is 0 Å². The third-order valence-electron chi connectivity index (χ3n) is 2.91. The van der Waals surface area contributed by atoms with Gasteiger partial charge in [-0.15, -0.1) is 11.6 Å². The smallest absolute Gasteiger partial charge is 0.125 e. The predicted octanol–water partition coefficient (Wildman–Crippen LogP) is 3.18. The molecular formula is C13H17ClFNO. The lowest BCUT2D eigenvalue weighted by molar-refractivity contribution is 0.0821. The van der Waals surface area contributed by atoms with Crippen molar-refractivity contribution in [1.29, 1.82) is 0 Å². The van der Waals surface area contributed by atoms with E-state index in [2.05, 4.69) is 4.90 Å². The Morgan fingerprint density at radius 3 is 3.06 bits per heavy atom. The first-order chi connectivity index (χ1) is 8.19. The van der Waals surface area contributed by atoms with Gasteiger partial charge in [-0.05, 0) is 37.1 Å². The lowest BCUT2D eigenvalue weighted by atomic mass is 10.2. The van der Waals surface area contributed by atoms with Gasteiger partial charge in [-0.1, -0.05) is 0 Å². The van der Waals surface area contributed by atoms with Crippen LogP contribution in [-0.2, 0) is 10.6 Å². The SMILES string of the molecule is CC1CN(c2cc(F)cc(CCl)c2)CCCO1. The van der Waals surface area contributed by atoms with Crippen LogP contribution in [0.15, 0.2) is 18.2 Å². The van der Waals surface area contributed by atoms with Crippen molar-refractivity contribution in [2.75, 3.05) is 24.6 Å². The van der Waals surface area contributed by atoms with Crippen LogP contribution in [0, 0.1) is 5.82 Å². The Balaban J connectivity index is 2.22. The van der Waals surface area contributed by atoms with E-state index in [0.717, 1.165) is 37.4 Å². The lowest BCUT2D eigenvalue weighted by Gasteiger charge is -2.24. The van der Waals surface area contributed by atoms with E-state index in [1.165, 1.54) is 6.07 Å². The van der Waals surface area contributed by atoms with E-state index in [1.54, 1.807) is 6.07 Å². The highest BCUT2D eigenvalue weighted by molar-refractivity contribution is 6.17. The first-order valence-electron chi connectivity index (χ1n) is 5.91. The molecule has 1 fully saturated rings. The summed E-state index contributed by atoms with van der Waals surface area (Å²) >= 11 is 5.76. The number of halogens is 2. The van der Waals surface area contributed by atoms with Crippen molar-refractivity contribution < 1.29 is 9.13 Å². The summed E-state index contributed by atoms with van der Waals surface area (Å²) in [6, 6.07) is 5.00. The van der Waals surface area contributed by atoms with Crippen molar-refractivity contribution in [3.05, 3.63) is 29.6 Å². The zero-order chi connectivity index (χ0) is 12.3. The molecule has 1 aliphatic heterocycles. The zero-order valence-corrected chi connectivity index (χ0v) is 10.7. The minimum absolute atomic E-state index is 0.181. The van der Waals surface area contributed by atoms with Crippen LogP contribution >= 0.6 is 11.6 Å². The molecule has 2 rings (SSSR count). The van der Waals surface area contributed by atoms with Crippen molar-refractivity contribution in [2.24, 2.45) is 0 Å². The fourth-order valence-electron chi connectivity index (χ4n) is 2.12. The van der Waals surface area contributed by atoms with E-state index in [0.29, 0.717) is 5.88 Å². The zero-order valence-electron chi connectivity index (χ0n) is 9.96. The van der Waals surface area contributed by atoms with E-state index in [9.17, 15) is 4.39 Å². The molecule has 1 unspecified atom stereocenters. The van der Waals surface area contributed by atoms with Gasteiger partial charge >= 0.3 is 0 Å². The highest BCUT2D eigenvalue weighted by Gasteiger charge is 2.16. The average molecular weight is 258 g/mol. The maximum Gasteiger partial charge on any atom is 0.125 e. The van der Waals surface area contributed by atoms with Crippen molar-refractivity contribution in [2.45, 2.75) is 25.3 Å². The molecule has 0 saturated carbocycles. The number of rotatable bonds is 2. The van der Waals surface area contributed by atoms with Crippen LogP contribution in [0.3, 0.4) is 0 Å². The van der Waals surface area contributed by atoms with E-state index in [-0.39, 0.29) is 11.9 Å². The van der Waals surface area contributed by atoms with E-state index in [4.69, 9.17) is 16.3 Å². The van der Waals surface area contributed by atoms with E-state index < -0.39 is 0 Å². The number of benzene rings is 1. The third kappa shape index (κ3) is 3.33. The quantitative estimate of drug-likeness (QED) is 0.755. The predicted molar refractivity (Wildman–Crippen MR) is 68.2 cm³/mol. The minimum Gasteiger partial charge on any atom is -0.377 e.